The van der Waals surface area contributed by atoms with Gasteiger partial charge < -0.3 is 15.0 Å². The van der Waals surface area contributed by atoms with Gasteiger partial charge in [0.2, 0.25) is 0 Å². The van der Waals surface area contributed by atoms with E-state index in [1.165, 1.54) is 18.5 Å². The van der Waals surface area contributed by atoms with E-state index >= 15 is 0 Å². The number of benzene rings is 1. The molecular formula is C15H26N2O. The lowest BCUT2D eigenvalue weighted by atomic mass is 10.2. The molecule has 18 heavy (non-hydrogen) atoms. The highest BCUT2D eigenvalue weighted by molar-refractivity contribution is 5.32. The molecule has 3 heteroatoms. The topological polar surface area (TPSA) is 24.5 Å². The van der Waals surface area contributed by atoms with E-state index in [9.17, 15) is 0 Å². The minimum atomic E-state index is 0.877. The average Bonchev–Trinajstić information content (AvgIpc) is 2.43. The monoisotopic (exact) mass is 250 g/mol. The van der Waals surface area contributed by atoms with Gasteiger partial charge in [-0.3, -0.25) is 0 Å². The second-order valence-electron chi connectivity index (χ2n) is 4.37. The molecule has 0 atom stereocenters. The Bertz CT molecular complexity index is 324. The molecule has 0 unspecified atom stereocenters. The van der Waals surface area contributed by atoms with Gasteiger partial charge in [0.25, 0.3) is 0 Å². The molecule has 1 N–H and O–H groups in total. The van der Waals surface area contributed by atoms with Crippen molar-refractivity contribution in [2.45, 2.75) is 26.8 Å². The minimum absolute atomic E-state index is 0.877. The van der Waals surface area contributed by atoms with Crippen molar-refractivity contribution in [3.05, 3.63) is 29.8 Å². The molecule has 0 heterocycles. The number of methoxy groups -OCH3 is 1. The number of nitrogens with zero attached hydrogens (tertiary/aromatic N) is 1. The zero-order chi connectivity index (χ0) is 13.2. The summed E-state index contributed by atoms with van der Waals surface area (Å²) in [5.74, 6) is 0.966. The molecule has 1 aromatic rings. The largest absolute Gasteiger partial charge is 0.496 e. The maximum atomic E-state index is 5.33. The molecule has 1 aromatic carbocycles. The van der Waals surface area contributed by atoms with Crippen molar-refractivity contribution in [3.8, 4) is 5.75 Å². The molecule has 0 amide bonds. The molecule has 0 aromatic heterocycles. The highest BCUT2D eigenvalue weighted by Gasteiger charge is 2.01. The first-order valence-corrected chi connectivity index (χ1v) is 6.86. The van der Waals surface area contributed by atoms with Gasteiger partial charge in [0.05, 0.1) is 7.11 Å². The first kappa shape index (κ1) is 15.0. The van der Waals surface area contributed by atoms with Crippen LogP contribution in [0.3, 0.4) is 0 Å². The van der Waals surface area contributed by atoms with Gasteiger partial charge in [-0.05, 0) is 38.7 Å². The third kappa shape index (κ3) is 5.07. The first-order valence-electron chi connectivity index (χ1n) is 6.86. The highest BCUT2D eigenvalue weighted by atomic mass is 16.5. The zero-order valence-corrected chi connectivity index (χ0v) is 11.9. The van der Waals surface area contributed by atoms with Crippen molar-refractivity contribution in [1.82, 2.24) is 10.2 Å². The van der Waals surface area contributed by atoms with Crippen LogP contribution < -0.4 is 10.1 Å². The summed E-state index contributed by atoms with van der Waals surface area (Å²) in [6.45, 7) is 9.81. The molecule has 0 aliphatic heterocycles. The summed E-state index contributed by atoms with van der Waals surface area (Å²) >= 11 is 0. The Labute approximate surface area is 111 Å². The van der Waals surface area contributed by atoms with Crippen LogP contribution >= 0.6 is 0 Å². The van der Waals surface area contributed by atoms with Crippen molar-refractivity contribution >= 4 is 0 Å². The summed E-state index contributed by atoms with van der Waals surface area (Å²) < 4.78 is 5.33. The Hall–Kier alpha value is -1.06. The molecule has 0 radical (unpaired) electrons. The van der Waals surface area contributed by atoms with Crippen molar-refractivity contribution in [2.24, 2.45) is 0 Å². The molecule has 0 aliphatic rings. The molecule has 0 saturated heterocycles. The van der Waals surface area contributed by atoms with E-state index in [2.05, 4.69) is 36.2 Å². The Morgan fingerprint density at radius 3 is 2.56 bits per heavy atom. The Morgan fingerprint density at radius 1 is 1.17 bits per heavy atom. The number of rotatable bonds is 9. The zero-order valence-electron chi connectivity index (χ0n) is 11.9. The lowest BCUT2D eigenvalue weighted by Gasteiger charge is -2.17. The quantitative estimate of drug-likeness (QED) is 0.682. The molecule has 1 rings (SSSR count). The van der Waals surface area contributed by atoms with Gasteiger partial charge in [-0.2, -0.15) is 0 Å². The van der Waals surface area contributed by atoms with Gasteiger partial charge in [-0.15, -0.1) is 0 Å². The van der Waals surface area contributed by atoms with Crippen LogP contribution in [0, 0.1) is 0 Å². The van der Waals surface area contributed by atoms with Crippen LogP contribution in [-0.4, -0.2) is 38.2 Å². The molecule has 0 spiro atoms. The third-order valence-electron chi connectivity index (χ3n) is 3.23. The summed E-state index contributed by atoms with van der Waals surface area (Å²) in [6.07, 6.45) is 1.19. The van der Waals surface area contributed by atoms with E-state index in [0.29, 0.717) is 0 Å². The molecule has 102 valence electrons. The number of hydrogen-bond donors (Lipinski definition) is 1. The molecule has 0 saturated carbocycles. The van der Waals surface area contributed by atoms with Crippen LogP contribution in [0.25, 0.3) is 0 Å². The fourth-order valence-corrected chi connectivity index (χ4v) is 2.04. The van der Waals surface area contributed by atoms with E-state index in [4.69, 9.17) is 4.74 Å². The Kier molecular flexibility index (Phi) is 7.46. The van der Waals surface area contributed by atoms with Crippen molar-refractivity contribution in [2.75, 3.05) is 33.3 Å². The van der Waals surface area contributed by atoms with Gasteiger partial charge >= 0.3 is 0 Å². The van der Waals surface area contributed by atoms with Crippen LogP contribution in [0.4, 0.5) is 0 Å². The van der Waals surface area contributed by atoms with Crippen LogP contribution in [-0.2, 0) is 6.54 Å². The predicted molar refractivity (Wildman–Crippen MR) is 77.1 cm³/mol. The summed E-state index contributed by atoms with van der Waals surface area (Å²) in [7, 11) is 1.72. The van der Waals surface area contributed by atoms with E-state index in [1.807, 2.05) is 12.1 Å². The number of hydrogen-bond acceptors (Lipinski definition) is 3. The lowest BCUT2D eigenvalue weighted by molar-refractivity contribution is 0.298. The van der Waals surface area contributed by atoms with Crippen molar-refractivity contribution in [3.63, 3.8) is 0 Å². The van der Waals surface area contributed by atoms with Crippen LogP contribution in [0.1, 0.15) is 25.8 Å². The summed E-state index contributed by atoms with van der Waals surface area (Å²) in [4.78, 5) is 2.45. The fraction of sp³-hybridized carbons (Fsp3) is 0.600. The average molecular weight is 250 g/mol. The summed E-state index contributed by atoms with van der Waals surface area (Å²) in [5.41, 5.74) is 1.22. The van der Waals surface area contributed by atoms with E-state index in [1.54, 1.807) is 7.11 Å². The van der Waals surface area contributed by atoms with E-state index < -0.39 is 0 Å². The smallest absolute Gasteiger partial charge is 0.123 e. The molecule has 0 aliphatic carbocycles. The van der Waals surface area contributed by atoms with Gasteiger partial charge in [0, 0.05) is 12.1 Å². The first-order chi connectivity index (χ1) is 8.81. The molecule has 0 bridgehead atoms. The second kappa shape index (κ2) is 8.95. The van der Waals surface area contributed by atoms with Crippen LogP contribution in [0.5, 0.6) is 5.75 Å². The second-order valence-corrected chi connectivity index (χ2v) is 4.37. The standard InChI is InChI=1S/C15H26N2O/c1-4-17(5-2)12-8-11-16-13-14-9-6-7-10-15(14)18-3/h6-7,9-10,16H,4-5,8,11-13H2,1-3H3. The number of para-hydroxylation sites is 1. The van der Waals surface area contributed by atoms with Gasteiger partial charge in [-0.1, -0.05) is 32.0 Å². The highest BCUT2D eigenvalue weighted by Crippen LogP contribution is 2.16. The van der Waals surface area contributed by atoms with Crippen molar-refractivity contribution in [1.29, 1.82) is 0 Å². The van der Waals surface area contributed by atoms with Crippen molar-refractivity contribution < 1.29 is 4.74 Å². The minimum Gasteiger partial charge on any atom is -0.496 e. The molecule has 3 nitrogen and oxygen atoms in total. The van der Waals surface area contributed by atoms with E-state index in [0.717, 1.165) is 31.9 Å². The molecular weight excluding hydrogens is 224 g/mol. The maximum absolute atomic E-state index is 5.33. The SMILES string of the molecule is CCN(CC)CCCNCc1ccccc1OC. The maximum Gasteiger partial charge on any atom is 0.123 e. The summed E-state index contributed by atoms with van der Waals surface area (Å²) in [5, 5.41) is 3.47. The van der Waals surface area contributed by atoms with Crippen LogP contribution in [0.2, 0.25) is 0 Å². The third-order valence-corrected chi connectivity index (χ3v) is 3.23. The number of nitrogens with one attached hydrogen (secondary N) is 1. The lowest BCUT2D eigenvalue weighted by Crippen LogP contribution is -2.27. The van der Waals surface area contributed by atoms with E-state index in [-0.39, 0.29) is 0 Å². The van der Waals surface area contributed by atoms with Gasteiger partial charge in [-0.25, -0.2) is 0 Å². The van der Waals surface area contributed by atoms with Gasteiger partial charge in [0.15, 0.2) is 0 Å². The molecule has 0 fully saturated rings. The Morgan fingerprint density at radius 2 is 1.89 bits per heavy atom. The summed E-state index contributed by atoms with van der Waals surface area (Å²) in [6, 6.07) is 8.17. The normalized spacial score (nSPS) is 10.9. The fourth-order valence-electron chi connectivity index (χ4n) is 2.04. The number of ether oxygens (including phenoxy) is 1. The van der Waals surface area contributed by atoms with Crippen LogP contribution in [0.15, 0.2) is 24.3 Å². The Balaban J connectivity index is 2.21. The predicted octanol–water partition coefficient (Wildman–Crippen LogP) is 2.52. The van der Waals surface area contributed by atoms with Gasteiger partial charge in [0.1, 0.15) is 5.75 Å².